The van der Waals surface area contributed by atoms with Gasteiger partial charge in [0.2, 0.25) is 0 Å². The quantitative estimate of drug-likeness (QED) is 0.303. The van der Waals surface area contributed by atoms with Gasteiger partial charge < -0.3 is 0 Å². The Labute approximate surface area is 146 Å². The van der Waals surface area contributed by atoms with Gasteiger partial charge in [0.05, 0.1) is 0 Å². The van der Waals surface area contributed by atoms with E-state index < -0.39 is 0 Å². The van der Waals surface area contributed by atoms with Gasteiger partial charge in [-0.2, -0.15) is 0 Å². The lowest BCUT2D eigenvalue weighted by molar-refractivity contribution is 0.837. The molecule has 0 amide bonds. The van der Waals surface area contributed by atoms with Crippen LogP contribution in [0.4, 0.5) is 0 Å². The van der Waals surface area contributed by atoms with Crippen molar-refractivity contribution in [3.05, 3.63) is 0 Å². The van der Waals surface area contributed by atoms with Gasteiger partial charge in [-0.15, -0.1) is 0 Å². The SMILES string of the molecule is CCC[CH2][Al]([CH2]C)[CH2]CCC.CC[CH2][Al]([CH2]CC)[CH2]CC. The van der Waals surface area contributed by atoms with Crippen LogP contribution in [0, 0.1) is 0 Å². The second-order valence-corrected chi connectivity index (χ2v) is 14.0. The summed E-state index contributed by atoms with van der Waals surface area (Å²) in [6.07, 6.45) is 10.1. The van der Waals surface area contributed by atoms with E-state index in [1.165, 1.54) is 50.2 Å². The number of unbranched alkanes of at least 4 members (excludes halogenated alkanes) is 2. The summed E-state index contributed by atoms with van der Waals surface area (Å²) in [5, 5.41) is 9.49. The van der Waals surface area contributed by atoms with Crippen LogP contribution in [0.25, 0.3) is 0 Å². The normalized spacial score (nSPS) is 10.0. The molecule has 0 atom stereocenters. The van der Waals surface area contributed by atoms with Gasteiger partial charge in [0.1, 0.15) is 0 Å². The van der Waals surface area contributed by atoms with Gasteiger partial charge in [-0.05, 0) is 0 Å². The van der Waals surface area contributed by atoms with E-state index in [4.69, 9.17) is 0 Å². The van der Waals surface area contributed by atoms with Crippen molar-refractivity contribution in [1.29, 1.82) is 0 Å². The molecule has 0 aliphatic rings. The third kappa shape index (κ3) is 19.0. The second kappa shape index (κ2) is 21.1. The first kappa shape index (κ1) is 24.3. The van der Waals surface area contributed by atoms with Gasteiger partial charge >= 0.3 is 0 Å². The van der Waals surface area contributed by atoms with Crippen molar-refractivity contribution in [2.75, 3.05) is 0 Å². The molecule has 0 unspecified atom stereocenters. The van der Waals surface area contributed by atoms with Crippen LogP contribution in [0.2, 0.25) is 31.7 Å². The zero-order chi connectivity index (χ0) is 16.3. The van der Waals surface area contributed by atoms with E-state index in [0.717, 1.165) is 0 Å². The molecule has 2 heteroatoms. The fraction of sp³-hybridized carbons (Fsp3) is 1.00. The molecule has 0 rings (SSSR count). The molecule has 0 aliphatic carbocycles. The van der Waals surface area contributed by atoms with Crippen LogP contribution in [0.3, 0.4) is 0 Å². The largest absolute Gasteiger partial charge is 0.261 e. The lowest BCUT2D eigenvalue weighted by Gasteiger charge is -2.06. The van der Waals surface area contributed by atoms with E-state index in [1.54, 1.807) is 26.4 Å². The van der Waals surface area contributed by atoms with E-state index >= 15 is 0 Å². The molecule has 0 N–H and O–H groups in total. The van der Waals surface area contributed by atoms with E-state index in [2.05, 4.69) is 41.5 Å². The van der Waals surface area contributed by atoms with Crippen molar-refractivity contribution in [2.45, 2.75) is 118 Å². The number of hydrogen-bond donors (Lipinski definition) is 0. The molecule has 0 aromatic carbocycles. The summed E-state index contributed by atoms with van der Waals surface area (Å²) in [6.45, 7) is 14.0. The monoisotopic (exact) mass is 326 g/mol. The molecule has 0 aromatic heterocycles. The fourth-order valence-corrected chi connectivity index (χ4v) is 9.59. The van der Waals surface area contributed by atoms with Crippen LogP contribution < -0.4 is 0 Å². The summed E-state index contributed by atoms with van der Waals surface area (Å²) < 4.78 is 0. The topological polar surface area (TPSA) is 0 Å². The molecular formula is C19H44Al2. The Balaban J connectivity index is 0. The van der Waals surface area contributed by atoms with Crippen molar-refractivity contribution in [1.82, 2.24) is 0 Å². The lowest BCUT2D eigenvalue weighted by atomic mass is 10.4. The lowest BCUT2D eigenvalue weighted by Crippen LogP contribution is -2.09. The van der Waals surface area contributed by atoms with Crippen molar-refractivity contribution in [3.8, 4) is 0 Å². The van der Waals surface area contributed by atoms with Crippen LogP contribution in [-0.2, 0) is 0 Å². The molecule has 0 radical (unpaired) electrons. The molecule has 0 aliphatic heterocycles. The van der Waals surface area contributed by atoms with Gasteiger partial charge in [0, 0.05) is 0 Å². The maximum absolute atomic E-state index is 2.39. The maximum atomic E-state index is 2.39. The van der Waals surface area contributed by atoms with Crippen molar-refractivity contribution in [3.63, 3.8) is 0 Å². The van der Waals surface area contributed by atoms with Crippen LogP contribution in [-0.4, -0.2) is 28.3 Å². The first-order valence-corrected chi connectivity index (χ1v) is 15.1. The highest BCUT2D eigenvalue weighted by atomic mass is 27.2. The van der Waals surface area contributed by atoms with E-state index in [-0.39, 0.29) is 28.3 Å². The van der Waals surface area contributed by atoms with E-state index in [1.807, 2.05) is 0 Å². The average molecular weight is 327 g/mol. The van der Waals surface area contributed by atoms with Crippen LogP contribution in [0.5, 0.6) is 0 Å². The molecule has 0 bridgehead atoms. The molecule has 0 heterocycles. The third-order valence-electron chi connectivity index (χ3n) is 4.60. The van der Waals surface area contributed by atoms with E-state index in [9.17, 15) is 0 Å². The third-order valence-corrected chi connectivity index (χ3v) is 12.4. The first-order chi connectivity index (χ1) is 10.2. The predicted octanol–water partition coefficient (Wildman–Crippen LogP) is 7.81. The molecule has 21 heavy (non-hydrogen) atoms. The first-order valence-electron chi connectivity index (χ1n) is 10.2. The van der Waals surface area contributed by atoms with Crippen LogP contribution in [0.15, 0.2) is 0 Å². The summed E-state index contributed by atoms with van der Waals surface area (Å²) in [7, 11) is 0. The van der Waals surface area contributed by atoms with Gasteiger partial charge in [-0.25, -0.2) is 0 Å². The van der Waals surface area contributed by atoms with Gasteiger partial charge in [0.25, 0.3) is 28.3 Å². The Morgan fingerprint density at radius 2 is 0.810 bits per heavy atom. The summed E-state index contributed by atoms with van der Waals surface area (Å²) in [6, 6.07) is 0. The second-order valence-electron chi connectivity index (χ2n) is 6.79. The molecule has 0 saturated carbocycles. The van der Waals surface area contributed by atoms with Gasteiger partial charge in [-0.3, -0.25) is 0 Å². The smallest absolute Gasteiger partial charge is 0.0967 e. The summed E-state index contributed by atoms with van der Waals surface area (Å²) >= 11 is -0.482. The van der Waals surface area contributed by atoms with Crippen molar-refractivity contribution < 1.29 is 0 Å². The predicted molar refractivity (Wildman–Crippen MR) is 107 cm³/mol. The highest BCUT2D eigenvalue weighted by Gasteiger charge is 2.12. The summed E-state index contributed by atoms with van der Waals surface area (Å²) in [5.41, 5.74) is 0. The maximum Gasteiger partial charge on any atom is 0.261 e. The highest BCUT2D eigenvalue weighted by Crippen LogP contribution is 2.13. The van der Waals surface area contributed by atoms with Crippen molar-refractivity contribution in [2.24, 2.45) is 0 Å². The Hall–Kier alpha value is 1.06. The Bertz CT molecular complexity index is 149. The molecule has 126 valence electrons. The Kier molecular flexibility index (Phi) is 24.4. The standard InChI is InChI=1S/2C4H9.3C3H7.C2H5.2Al/c2*1-3-4-2;3*1-3-2;1-2;;/h2*1,3-4H2,2H3;3*1,3H2,2H3;1H2,2H3;;. The van der Waals surface area contributed by atoms with Crippen molar-refractivity contribution >= 4 is 28.3 Å². The highest BCUT2D eigenvalue weighted by molar-refractivity contribution is 6.59. The minimum absolute atomic E-state index is 0.234. The zero-order valence-electron chi connectivity index (χ0n) is 16.3. The molecule has 0 aromatic rings. The van der Waals surface area contributed by atoms with E-state index in [0.29, 0.717) is 0 Å². The average Bonchev–Trinajstić information content (AvgIpc) is 2.49. The fourth-order valence-electron chi connectivity index (χ4n) is 3.20. The molecular weight excluding hydrogens is 282 g/mol. The Morgan fingerprint density at radius 1 is 0.429 bits per heavy atom. The molecule has 0 saturated heterocycles. The molecule has 0 spiro atoms. The number of rotatable bonds is 13. The van der Waals surface area contributed by atoms with Gasteiger partial charge in [0.15, 0.2) is 0 Å². The minimum atomic E-state index is -0.248. The summed E-state index contributed by atoms with van der Waals surface area (Å²) in [4.78, 5) is 0. The summed E-state index contributed by atoms with van der Waals surface area (Å²) in [5.74, 6) is 0. The van der Waals surface area contributed by atoms with Crippen LogP contribution >= 0.6 is 0 Å². The molecule has 0 fully saturated rings. The number of hydrogen-bond acceptors (Lipinski definition) is 0. The zero-order valence-corrected chi connectivity index (χ0v) is 18.7. The van der Waals surface area contributed by atoms with Gasteiger partial charge in [-0.1, -0.05) is 118 Å². The Morgan fingerprint density at radius 3 is 1.05 bits per heavy atom. The van der Waals surface area contributed by atoms with Crippen LogP contribution in [0.1, 0.15) is 86.5 Å². The molecule has 0 nitrogen and oxygen atoms in total. The minimum Gasteiger partial charge on any atom is -0.0967 e.